The van der Waals surface area contributed by atoms with Crippen molar-refractivity contribution in [1.82, 2.24) is 0 Å². The maximum absolute atomic E-state index is 11.3. The second-order valence-electron chi connectivity index (χ2n) is 9.19. The molecule has 1 aliphatic rings. The van der Waals surface area contributed by atoms with Crippen molar-refractivity contribution in [1.29, 1.82) is 0 Å². The Kier molecular flexibility index (Phi) is 5.42. The second kappa shape index (κ2) is 7.36. The number of carboxylic acids is 1. The van der Waals surface area contributed by atoms with E-state index in [2.05, 4.69) is 59.8 Å². The largest absolute Gasteiger partial charge is 0.478 e. The molecule has 0 unspecified atom stereocenters. The fraction of sp³-hybridized carbons (Fsp3) is 0.400. The van der Waals surface area contributed by atoms with Crippen LogP contribution >= 0.6 is 11.3 Å². The number of hydrogen-bond donors (Lipinski definition) is 1. The van der Waals surface area contributed by atoms with Gasteiger partial charge in [0.25, 0.3) is 0 Å². The van der Waals surface area contributed by atoms with Crippen molar-refractivity contribution < 1.29 is 9.90 Å². The predicted molar refractivity (Wildman–Crippen MR) is 120 cm³/mol. The monoisotopic (exact) mass is 394 g/mol. The lowest BCUT2D eigenvalue weighted by atomic mass is 9.62. The summed E-state index contributed by atoms with van der Waals surface area (Å²) in [5.74, 6) is -0.878. The molecule has 0 spiro atoms. The van der Waals surface area contributed by atoms with E-state index in [9.17, 15) is 9.90 Å². The Balaban J connectivity index is 1.97. The summed E-state index contributed by atoms with van der Waals surface area (Å²) in [4.78, 5) is 12.0. The van der Waals surface area contributed by atoms with Crippen LogP contribution in [0.15, 0.2) is 35.7 Å². The van der Waals surface area contributed by atoms with Gasteiger partial charge in [0.2, 0.25) is 0 Å². The average molecular weight is 395 g/mol. The first kappa shape index (κ1) is 20.6. The summed E-state index contributed by atoms with van der Waals surface area (Å²) in [7, 11) is 0. The van der Waals surface area contributed by atoms with Crippen LogP contribution in [-0.4, -0.2) is 11.1 Å². The lowest BCUT2D eigenvalue weighted by Crippen LogP contribution is -2.34. The number of rotatable bonds is 4. The van der Waals surface area contributed by atoms with Gasteiger partial charge in [-0.15, -0.1) is 11.3 Å². The van der Waals surface area contributed by atoms with Gasteiger partial charge in [0.05, 0.1) is 5.56 Å². The van der Waals surface area contributed by atoms with Gasteiger partial charge in [-0.25, -0.2) is 4.79 Å². The minimum Gasteiger partial charge on any atom is -0.478 e. The zero-order chi connectivity index (χ0) is 20.7. The molecule has 1 aromatic carbocycles. The van der Waals surface area contributed by atoms with E-state index >= 15 is 0 Å². The van der Waals surface area contributed by atoms with Gasteiger partial charge in [-0.3, -0.25) is 0 Å². The number of benzene rings is 1. The lowest BCUT2D eigenvalue weighted by molar-refractivity contribution is 0.0697. The molecule has 3 heteroatoms. The number of hydrogen-bond acceptors (Lipinski definition) is 2. The molecule has 0 amide bonds. The van der Waals surface area contributed by atoms with Gasteiger partial charge in [-0.2, -0.15) is 0 Å². The van der Waals surface area contributed by atoms with Crippen molar-refractivity contribution >= 4 is 29.0 Å². The van der Waals surface area contributed by atoms with E-state index in [1.54, 1.807) is 6.07 Å². The number of aryl methyl sites for hydroxylation is 1. The topological polar surface area (TPSA) is 37.3 Å². The highest BCUT2D eigenvalue weighted by Gasteiger charge is 2.37. The quantitative estimate of drug-likeness (QED) is 0.556. The molecule has 1 aliphatic carbocycles. The standard InChI is InChI=1S/C25H30O2S/c1-16(8-7-9-22-18(23(26)27)10-13-28-22)19-15-21-20(14-17(19)2)24(3,4)11-12-25(21,5)6/h7-10,13-15H,11-12H2,1-6H3,(H,26,27)/b9-7+,16-8+. The van der Waals surface area contributed by atoms with Crippen LogP contribution in [-0.2, 0) is 10.8 Å². The zero-order valence-corrected chi connectivity index (χ0v) is 18.5. The van der Waals surface area contributed by atoms with Crippen LogP contribution in [0.25, 0.3) is 11.6 Å². The summed E-state index contributed by atoms with van der Waals surface area (Å²) in [6.45, 7) is 13.7. The fourth-order valence-corrected chi connectivity index (χ4v) is 4.93. The van der Waals surface area contributed by atoms with Crippen molar-refractivity contribution in [3.63, 3.8) is 0 Å². The summed E-state index contributed by atoms with van der Waals surface area (Å²) < 4.78 is 0. The fourth-order valence-electron chi connectivity index (χ4n) is 4.14. The summed E-state index contributed by atoms with van der Waals surface area (Å²) in [6, 6.07) is 6.42. The highest BCUT2D eigenvalue weighted by atomic mass is 32.1. The van der Waals surface area contributed by atoms with Crippen molar-refractivity contribution in [2.75, 3.05) is 0 Å². The molecule has 148 valence electrons. The highest BCUT2D eigenvalue weighted by molar-refractivity contribution is 7.11. The van der Waals surface area contributed by atoms with E-state index in [4.69, 9.17) is 0 Å². The molecule has 0 fully saturated rings. The predicted octanol–water partition coefficient (Wildman–Crippen LogP) is 7.22. The van der Waals surface area contributed by atoms with E-state index < -0.39 is 5.97 Å². The summed E-state index contributed by atoms with van der Waals surface area (Å²) in [6.07, 6.45) is 8.35. The molecule has 2 aromatic rings. The second-order valence-corrected chi connectivity index (χ2v) is 10.1. The van der Waals surface area contributed by atoms with E-state index in [1.807, 2.05) is 17.5 Å². The Hall–Kier alpha value is -2.13. The Morgan fingerprint density at radius 2 is 1.68 bits per heavy atom. The summed E-state index contributed by atoms with van der Waals surface area (Å²) >= 11 is 1.45. The maximum Gasteiger partial charge on any atom is 0.337 e. The molecule has 2 nitrogen and oxygen atoms in total. The first-order chi connectivity index (χ1) is 13.0. The number of carboxylic acid groups (broad SMARTS) is 1. The zero-order valence-electron chi connectivity index (χ0n) is 17.7. The minimum atomic E-state index is -0.878. The summed E-state index contributed by atoms with van der Waals surface area (Å²) in [5.41, 5.74) is 7.50. The normalized spacial score (nSPS) is 18.3. The third kappa shape index (κ3) is 3.86. The van der Waals surface area contributed by atoms with Crippen molar-refractivity contribution in [2.24, 2.45) is 0 Å². The molecular formula is C25H30O2S. The number of thiophene rings is 1. The Bertz CT molecular complexity index is 970. The van der Waals surface area contributed by atoms with Gasteiger partial charge in [0.15, 0.2) is 0 Å². The first-order valence-electron chi connectivity index (χ1n) is 9.85. The number of carbonyl (C=O) groups is 1. The van der Waals surface area contributed by atoms with Gasteiger partial charge in [-0.1, -0.05) is 52.0 Å². The van der Waals surface area contributed by atoms with Crippen LogP contribution in [0.2, 0.25) is 0 Å². The van der Waals surface area contributed by atoms with Crippen LogP contribution in [0.4, 0.5) is 0 Å². The molecule has 0 atom stereocenters. The lowest BCUT2D eigenvalue weighted by Gasteiger charge is -2.42. The molecule has 0 aliphatic heterocycles. The molecule has 0 saturated carbocycles. The third-order valence-corrected chi connectivity index (χ3v) is 7.02. The average Bonchev–Trinajstić information content (AvgIpc) is 3.07. The molecular weight excluding hydrogens is 364 g/mol. The number of fused-ring (bicyclic) bond motifs is 1. The number of allylic oxidation sites excluding steroid dienone is 3. The minimum absolute atomic E-state index is 0.191. The highest BCUT2D eigenvalue weighted by Crippen LogP contribution is 2.47. The van der Waals surface area contributed by atoms with Crippen molar-refractivity contribution in [2.45, 2.75) is 65.2 Å². The van der Waals surface area contributed by atoms with E-state index in [-0.39, 0.29) is 10.8 Å². The summed E-state index contributed by atoms with van der Waals surface area (Å²) in [5, 5.41) is 11.1. The van der Waals surface area contributed by atoms with Gasteiger partial charge in [-0.05, 0) is 82.9 Å². The maximum atomic E-state index is 11.3. The Labute approximate surface area is 172 Å². The van der Waals surface area contributed by atoms with Crippen LogP contribution in [0.1, 0.15) is 84.9 Å². The third-order valence-electron chi connectivity index (χ3n) is 6.14. The van der Waals surface area contributed by atoms with Gasteiger partial charge in [0.1, 0.15) is 0 Å². The Morgan fingerprint density at radius 3 is 2.29 bits per heavy atom. The van der Waals surface area contributed by atoms with Crippen LogP contribution in [0, 0.1) is 6.92 Å². The SMILES string of the molecule is C/C(=C\C=C\c1sccc1C(=O)O)c1cc2c(cc1C)C(C)(C)CCC2(C)C. The van der Waals surface area contributed by atoms with Crippen LogP contribution in [0.3, 0.4) is 0 Å². The molecule has 28 heavy (non-hydrogen) atoms. The van der Waals surface area contributed by atoms with E-state index in [0.29, 0.717) is 5.56 Å². The van der Waals surface area contributed by atoms with Gasteiger partial charge in [0, 0.05) is 4.88 Å². The molecule has 0 saturated heterocycles. The van der Waals surface area contributed by atoms with E-state index in [0.717, 1.165) is 4.88 Å². The smallest absolute Gasteiger partial charge is 0.337 e. The molecule has 1 aromatic heterocycles. The molecule has 1 heterocycles. The first-order valence-corrected chi connectivity index (χ1v) is 10.7. The van der Waals surface area contributed by atoms with Crippen molar-refractivity contribution in [3.8, 4) is 0 Å². The van der Waals surface area contributed by atoms with Crippen LogP contribution < -0.4 is 0 Å². The molecule has 0 radical (unpaired) electrons. The van der Waals surface area contributed by atoms with Crippen molar-refractivity contribution in [3.05, 3.63) is 68.4 Å². The van der Waals surface area contributed by atoms with Crippen LogP contribution in [0.5, 0.6) is 0 Å². The van der Waals surface area contributed by atoms with Gasteiger partial charge < -0.3 is 5.11 Å². The molecule has 0 bridgehead atoms. The van der Waals surface area contributed by atoms with E-state index in [1.165, 1.54) is 52.0 Å². The number of aromatic carboxylic acids is 1. The molecule has 3 rings (SSSR count). The molecule has 1 N–H and O–H groups in total. The van der Waals surface area contributed by atoms with Gasteiger partial charge >= 0.3 is 5.97 Å². The Morgan fingerprint density at radius 1 is 1.07 bits per heavy atom.